The van der Waals surface area contributed by atoms with Crippen LogP contribution < -0.4 is 5.43 Å². The van der Waals surface area contributed by atoms with Gasteiger partial charge < -0.3 is 4.57 Å². The molecule has 1 amide bonds. The van der Waals surface area contributed by atoms with Crippen LogP contribution in [-0.2, 0) is 0 Å². The third-order valence-electron chi connectivity index (χ3n) is 3.54. The summed E-state index contributed by atoms with van der Waals surface area (Å²) in [6, 6.07) is 17.0. The lowest BCUT2D eigenvalue weighted by Gasteiger charge is -2.04. The molecule has 1 N–H and O–H groups in total. The third-order valence-corrected chi connectivity index (χ3v) is 3.54. The third kappa shape index (κ3) is 3.78. The van der Waals surface area contributed by atoms with E-state index in [0.29, 0.717) is 11.1 Å². The number of carbonyl (C=O) groups is 1. The van der Waals surface area contributed by atoms with Gasteiger partial charge in [0.15, 0.2) is 0 Å². The lowest BCUT2D eigenvalue weighted by atomic mass is 10.2. The van der Waals surface area contributed by atoms with Gasteiger partial charge in [-0.15, -0.1) is 0 Å². The molecule has 0 bridgehead atoms. The number of benzene rings is 2. The van der Waals surface area contributed by atoms with Gasteiger partial charge in [0, 0.05) is 29.7 Å². The van der Waals surface area contributed by atoms with Gasteiger partial charge in [-0.05, 0) is 42.5 Å². The zero-order valence-corrected chi connectivity index (χ0v) is 13.1. The number of amides is 1. The quantitative estimate of drug-likeness (QED) is 0.441. The summed E-state index contributed by atoms with van der Waals surface area (Å²) in [5, 5.41) is 14.7. The number of nitro groups is 1. The van der Waals surface area contributed by atoms with Crippen molar-refractivity contribution in [3.8, 4) is 5.69 Å². The molecule has 7 nitrogen and oxygen atoms in total. The topological polar surface area (TPSA) is 89.5 Å². The number of nitrogens with one attached hydrogen (secondary N) is 1. The molecule has 0 aliphatic heterocycles. The molecular formula is C18H14N4O3. The highest BCUT2D eigenvalue weighted by molar-refractivity contribution is 5.95. The van der Waals surface area contributed by atoms with E-state index in [9.17, 15) is 14.9 Å². The molecule has 0 radical (unpaired) electrons. The van der Waals surface area contributed by atoms with Crippen LogP contribution in [0.15, 0.2) is 78.2 Å². The fourth-order valence-corrected chi connectivity index (χ4v) is 2.28. The van der Waals surface area contributed by atoms with Gasteiger partial charge >= 0.3 is 0 Å². The van der Waals surface area contributed by atoms with Gasteiger partial charge in [-0.25, -0.2) is 5.43 Å². The molecule has 0 saturated carbocycles. The summed E-state index contributed by atoms with van der Waals surface area (Å²) >= 11 is 0. The zero-order valence-electron chi connectivity index (χ0n) is 13.1. The zero-order chi connectivity index (χ0) is 17.6. The van der Waals surface area contributed by atoms with Crippen molar-refractivity contribution in [1.29, 1.82) is 0 Å². The van der Waals surface area contributed by atoms with Crippen molar-refractivity contribution in [2.75, 3.05) is 0 Å². The van der Waals surface area contributed by atoms with Crippen LogP contribution in [-0.4, -0.2) is 21.6 Å². The molecule has 0 aliphatic rings. The van der Waals surface area contributed by atoms with Crippen molar-refractivity contribution in [2.45, 2.75) is 0 Å². The summed E-state index contributed by atoms with van der Waals surface area (Å²) in [4.78, 5) is 22.5. The Kier molecular flexibility index (Phi) is 4.66. The van der Waals surface area contributed by atoms with Crippen molar-refractivity contribution < 1.29 is 9.72 Å². The van der Waals surface area contributed by atoms with Crippen LogP contribution >= 0.6 is 0 Å². The first kappa shape index (κ1) is 16.1. The maximum Gasteiger partial charge on any atom is 0.278 e. The highest BCUT2D eigenvalue weighted by Crippen LogP contribution is 2.15. The average molecular weight is 334 g/mol. The van der Waals surface area contributed by atoms with E-state index < -0.39 is 10.8 Å². The summed E-state index contributed by atoms with van der Waals surface area (Å²) in [5.74, 6) is -0.395. The van der Waals surface area contributed by atoms with E-state index in [-0.39, 0.29) is 5.69 Å². The Morgan fingerprint density at radius 1 is 1.04 bits per heavy atom. The van der Waals surface area contributed by atoms with Crippen LogP contribution in [0.25, 0.3) is 5.69 Å². The Hall–Kier alpha value is -3.74. The molecule has 0 atom stereocenters. The summed E-state index contributed by atoms with van der Waals surface area (Å²) < 4.78 is 1.92. The van der Waals surface area contributed by atoms with E-state index in [1.165, 1.54) is 12.3 Å². The largest absolute Gasteiger partial charge is 0.324 e. The number of rotatable bonds is 5. The van der Waals surface area contributed by atoms with Gasteiger partial charge in [0.2, 0.25) is 0 Å². The number of carbonyl (C=O) groups excluding carboxylic acids is 1. The van der Waals surface area contributed by atoms with Crippen molar-refractivity contribution in [3.05, 3.63) is 94.3 Å². The highest BCUT2D eigenvalue weighted by atomic mass is 16.6. The summed E-state index contributed by atoms with van der Waals surface area (Å²) in [7, 11) is 0. The smallest absolute Gasteiger partial charge is 0.278 e. The standard InChI is InChI=1S/C18H14N4O3/c23-18(14-7-9-16(10-8-14)21-11-3-4-12-21)20-19-13-15-5-1-2-6-17(15)22(24)25/h1-13H,(H,20,23). The summed E-state index contributed by atoms with van der Waals surface area (Å²) in [6.07, 6.45) is 5.07. The van der Waals surface area contributed by atoms with E-state index in [0.717, 1.165) is 5.69 Å². The SMILES string of the molecule is O=C(NN=Cc1ccccc1[N+](=O)[O-])c1ccc(-n2cccc2)cc1. The molecule has 0 spiro atoms. The minimum atomic E-state index is -0.497. The molecule has 0 saturated heterocycles. The molecular weight excluding hydrogens is 320 g/mol. The van der Waals surface area contributed by atoms with Gasteiger partial charge in [0.1, 0.15) is 0 Å². The first-order valence-corrected chi connectivity index (χ1v) is 7.45. The molecule has 3 aromatic rings. The lowest BCUT2D eigenvalue weighted by Crippen LogP contribution is -2.17. The molecule has 0 aliphatic carbocycles. The second-order valence-electron chi connectivity index (χ2n) is 5.15. The lowest BCUT2D eigenvalue weighted by molar-refractivity contribution is -0.385. The van der Waals surface area contributed by atoms with Crippen LogP contribution in [0.4, 0.5) is 5.69 Å². The number of nitro benzene ring substituents is 1. The normalized spacial score (nSPS) is 10.7. The number of para-hydroxylation sites is 1. The molecule has 3 rings (SSSR count). The van der Waals surface area contributed by atoms with E-state index in [1.54, 1.807) is 30.3 Å². The van der Waals surface area contributed by atoms with Gasteiger partial charge in [0.05, 0.1) is 16.7 Å². The molecule has 1 aromatic heterocycles. The molecule has 1 heterocycles. The predicted molar refractivity (Wildman–Crippen MR) is 93.9 cm³/mol. The van der Waals surface area contributed by atoms with Crippen LogP contribution in [0, 0.1) is 10.1 Å². The molecule has 0 fully saturated rings. The maximum absolute atomic E-state index is 12.1. The van der Waals surface area contributed by atoms with Crippen LogP contribution in [0.1, 0.15) is 15.9 Å². The predicted octanol–water partition coefficient (Wildman–Crippen LogP) is 3.15. The van der Waals surface area contributed by atoms with Crippen molar-refractivity contribution in [2.24, 2.45) is 5.10 Å². The molecule has 25 heavy (non-hydrogen) atoms. The van der Waals surface area contributed by atoms with E-state index in [4.69, 9.17) is 0 Å². The maximum atomic E-state index is 12.1. The van der Waals surface area contributed by atoms with E-state index >= 15 is 0 Å². The second-order valence-corrected chi connectivity index (χ2v) is 5.15. The van der Waals surface area contributed by atoms with E-state index in [2.05, 4.69) is 10.5 Å². The molecule has 7 heteroatoms. The Balaban J connectivity index is 1.68. The molecule has 2 aromatic carbocycles. The summed E-state index contributed by atoms with van der Waals surface area (Å²) in [5.41, 5.74) is 3.99. The average Bonchev–Trinajstić information content (AvgIpc) is 3.17. The van der Waals surface area contributed by atoms with Gasteiger partial charge in [0.25, 0.3) is 11.6 Å². The van der Waals surface area contributed by atoms with Crippen molar-refractivity contribution >= 4 is 17.8 Å². The number of hydrogen-bond donors (Lipinski definition) is 1. The molecule has 124 valence electrons. The van der Waals surface area contributed by atoms with E-state index in [1.807, 2.05) is 41.2 Å². The summed E-state index contributed by atoms with van der Waals surface area (Å²) in [6.45, 7) is 0. The Bertz CT molecular complexity index is 916. The molecule has 0 unspecified atom stereocenters. The number of aromatic nitrogens is 1. The Morgan fingerprint density at radius 2 is 1.72 bits per heavy atom. The van der Waals surface area contributed by atoms with Crippen molar-refractivity contribution in [1.82, 2.24) is 9.99 Å². The van der Waals surface area contributed by atoms with Gasteiger partial charge in [-0.1, -0.05) is 12.1 Å². The minimum Gasteiger partial charge on any atom is -0.324 e. The van der Waals surface area contributed by atoms with Gasteiger partial charge in [-0.2, -0.15) is 5.10 Å². The van der Waals surface area contributed by atoms with Gasteiger partial charge in [-0.3, -0.25) is 14.9 Å². The van der Waals surface area contributed by atoms with Crippen LogP contribution in [0.3, 0.4) is 0 Å². The second kappa shape index (κ2) is 7.22. The monoisotopic (exact) mass is 334 g/mol. The fraction of sp³-hybridized carbons (Fsp3) is 0. The minimum absolute atomic E-state index is 0.0726. The van der Waals surface area contributed by atoms with Crippen LogP contribution in [0.5, 0.6) is 0 Å². The first-order chi connectivity index (χ1) is 12.1. The number of nitrogens with zero attached hydrogens (tertiary/aromatic N) is 3. The Labute approximate surface area is 143 Å². The fourth-order valence-electron chi connectivity index (χ4n) is 2.28. The number of hydrogen-bond acceptors (Lipinski definition) is 4. The number of hydrazone groups is 1. The Morgan fingerprint density at radius 3 is 2.40 bits per heavy atom. The highest BCUT2D eigenvalue weighted by Gasteiger charge is 2.10. The van der Waals surface area contributed by atoms with Crippen LogP contribution in [0.2, 0.25) is 0 Å². The van der Waals surface area contributed by atoms with Crippen molar-refractivity contribution in [3.63, 3.8) is 0 Å². The first-order valence-electron chi connectivity index (χ1n) is 7.45.